The molecule has 0 aliphatic carbocycles. The van der Waals surface area contributed by atoms with E-state index in [0.29, 0.717) is 28.6 Å². The molecule has 0 aliphatic heterocycles. The summed E-state index contributed by atoms with van der Waals surface area (Å²) >= 11 is 0. The maximum absolute atomic E-state index is 11.3. The Kier molecular flexibility index (Phi) is 7.21. The van der Waals surface area contributed by atoms with Crippen LogP contribution >= 0.6 is 0 Å². The van der Waals surface area contributed by atoms with E-state index in [2.05, 4.69) is 60.7 Å². The molecule has 0 saturated carbocycles. The first-order valence-corrected chi connectivity index (χ1v) is 16.5. The van der Waals surface area contributed by atoms with Gasteiger partial charge < -0.3 is 9.52 Å². The van der Waals surface area contributed by atoms with E-state index in [9.17, 15) is 5.11 Å². The van der Waals surface area contributed by atoms with Gasteiger partial charge in [0, 0.05) is 38.6 Å². The molecule has 0 atom stereocenters. The Morgan fingerprint density at radius 3 is 1.60 bits per heavy atom. The van der Waals surface area contributed by atoms with E-state index in [-0.39, 0.29) is 5.75 Å². The summed E-state index contributed by atoms with van der Waals surface area (Å²) in [5.41, 5.74) is 9.95. The van der Waals surface area contributed by atoms with Crippen molar-refractivity contribution in [2.24, 2.45) is 0 Å². The molecule has 2 heterocycles. The van der Waals surface area contributed by atoms with Gasteiger partial charge >= 0.3 is 0 Å². The van der Waals surface area contributed by atoms with Crippen LogP contribution in [-0.4, -0.2) is 20.1 Å². The number of hydrogen-bond donors (Lipinski definition) is 1. The standard InChI is InChI=1S/C45H29N3O2/c49-39-19-10-18-38(41(39)32-25-23-31(24-26-32)35-16-9-17-37-36-15-7-8-20-40(36)50-42(35)37)45-47-43(33-13-5-2-6-14-33)46-44(48-45)34-27-21-30(22-28-34)29-11-3-1-4-12-29/h1-28,49H. The average Bonchev–Trinajstić information content (AvgIpc) is 3.58. The number of aromatic nitrogens is 3. The Balaban J connectivity index is 1.14. The molecule has 50 heavy (non-hydrogen) atoms. The highest BCUT2D eigenvalue weighted by atomic mass is 16.3. The van der Waals surface area contributed by atoms with Crippen LogP contribution in [0.2, 0.25) is 0 Å². The molecule has 0 radical (unpaired) electrons. The van der Waals surface area contributed by atoms with Crippen LogP contribution < -0.4 is 0 Å². The zero-order valence-corrected chi connectivity index (χ0v) is 26.9. The number of phenols is 1. The molecule has 0 aliphatic rings. The first-order chi connectivity index (χ1) is 24.7. The number of hydrogen-bond acceptors (Lipinski definition) is 5. The number of benzene rings is 7. The lowest BCUT2D eigenvalue weighted by atomic mass is 9.95. The fourth-order valence-corrected chi connectivity index (χ4v) is 6.60. The molecule has 5 heteroatoms. The minimum Gasteiger partial charge on any atom is -0.507 e. The highest BCUT2D eigenvalue weighted by molar-refractivity contribution is 6.09. The molecule has 2 aromatic heterocycles. The van der Waals surface area contributed by atoms with Gasteiger partial charge in [0.05, 0.1) is 0 Å². The molecule has 9 aromatic rings. The first-order valence-electron chi connectivity index (χ1n) is 16.5. The smallest absolute Gasteiger partial charge is 0.164 e. The van der Waals surface area contributed by atoms with Gasteiger partial charge in [-0.25, -0.2) is 15.0 Å². The molecule has 0 fully saturated rings. The van der Waals surface area contributed by atoms with E-state index in [1.54, 1.807) is 6.07 Å². The van der Waals surface area contributed by atoms with Crippen molar-refractivity contribution >= 4 is 21.9 Å². The predicted molar refractivity (Wildman–Crippen MR) is 201 cm³/mol. The summed E-state index contributed by atoms with van der Waals surface area (Å²) in [5.74, 6) is 1.73. The lowest BCUT2D eigenvalue weighted by Gasteiger charge is -2.14. The topological polar surface area (TPSA) is 72.0 Å². The Bertz CT molecular complexity index is 2630. The van der Waals surface area contributed by atoms with Crippen molar-refractivity contribution < 1.29 is 9.52 Å². The number of furan rings is 1. The average molecular weight is 644 g/mol. The third kappa shape index (κ3) is 5.27. The van der Waals surface area contributed by atoms with Gasteiger partial charge in [0.2, 0.25) is 0 Å². The molecule has 7 aromatic carbocycles. The fraction of sp³-hybridized carbons (Fsp3) is 0. The van der Waals surface area contributed by atoms with Gasteiger partial charge in [-0.3, -0.25) is 0 Å². The van der Waals surface area contributed by atoms with Crippen molar-refractivity contribution in [2.75, 3.05) is 0 Å². The molecule has 0 bridgehead atoms. The maximum atomic E-state index is 11.3. The van der Waals surface area contributed by atoms with Crippen LogP contribution in [-0.2, 0) is 0 Å². The van der Waals surface area contributed by atoms with Crippen LogP contribution in [0.25, 0.3) is 89.5 Å². The molecule has 0 amide bonds. The second kappa shape index (κ2) is 12.3. The molecular weight excluding hydrogens is 615 g/mol. The van der Waals surface area contributed by atoms with Crippen LogP contribution in [0.3, 0.4) is 0 Å². The number of phenolic OH excluding ortho intramolecular Hbond substituents is 1. The highest BCUT2D eigenvalue weighted by Crippen LogP contribution is 2.41. The number of fused-ring (bicyclic) bond motifs is 3. The Hall–Kier alpha value is -6.85. The zero-order chi connectivity index (χ0) is 33.4. The van der Waals surface area contributed by atoms with Crippen molar-refractivity contribution in [1.29, 1.82) is 0 Å². The van der Waals surface area contributed by atoms with Crippen molar-refractivity contribution in [2.45, 2.75) is 0 Å². The summed E-state index contributed by atoms with van der Waals surface area (Å²) in [4.78, 5) is 14.9. The van der Waals surface area contributed by atoms with E-state index >= 15 is 0 Å². The third-order valence-corrected chi connectivity index (χ3v) is 9.09. The van der Waals surface area contributed by atoms with Crippen LogP contribution in [0, 0.1) is 0 Å². The monoisotopic (exact) mass is 643 g/mol. The maximum Gasteiger partial charge on any atom is 0.164 e. The molecule has 0 unspecified atom stereocenters. The first kappa shape index (κ1) is 29.3. The summed E-state index contributed by atoms with van der Waals surface area (Å²) in [7, 11) is 0. The second-order valence-electron chi connectivity index (χ2n) is 12.2. The number of nitrogens with zero attached hydrogens (tertiary/aromatic N) is 3. The molecule has 0 spiro atoms. The van der Waals surface area contributed by atoms with Crippen LogP contribution in [0.15, 0.2) is 174 Å². The third-order valence-electron chi connectivity index (χ3n) is 9.09. The van der Waals surface area contributed by atoms with E-state index in [1.165, 1.54) is 0 Å². The molecule has 5 nitrogen and oxygen atoms in total. The van der Waals surface area contributed by atoms with Gasteiger partial charge in [-0.15, -0.1) is 0 Å². The largest absolute Gasteiger partial charge is 0.507 e. The summed E-state index contributed by atoms with van der Waals surface area (Å²) < 4.78 is 6.31. The number of para-hydroxylation sites is 2. The normalized spacial score (nSPS) is 11.3. The van der Waals surface area contributed by atoms with Gasteiger partial charge in [-0.2, -0.15) is 0 Å². The summed E-state index contributed by atoms with van der Waals surface area (Å²) in [5, 5.41) is 13.5. The lowest BCUT2D eigenvalue weighted by molar-refractivity contribution is 0.477. The predicted octanol–water partition coefficient (Wildman–Crippen LogP) is 11.5. The SMILES string of the molecule is Oc1cccc(-c2nc(-c3ccccc3)nc(-c3ccc(-c4ccccc4)cc3)n2)c1-c1ccc(-c2cccc3c2oc2ccccc23)cc1. The lowest BCUT2D eigenvalue weighted by Crippen LogP contribution is -2.01. The minimum atomic E-state index is 0.144. The Labute approximate surface area is 288 Å². The molecular formula is C45H29N3O2. The number of rotatable bonds is 6. The highest BCUT2D eigenvalue weighted by Gasteiger charge is 2.19. The molecule has 0 saturated heterocycles. The molecule has 9 rings (SSSR count). The van der Waals surface area contributed by atoms with Gasteiger partial charge in [0.1, 0.15) is 16.9 Å². The summed E-state index contributed by atoms with van der Waals surface area (Å²) in [6.45, 7) is 0. The van der Waals surface area contributed by atoms with E-state index in [0.717, 1.165) is 60.9 Å². The Morgan fingerprint density at radius 1 is 0.360 bits per heavy atom. The van der Waals surface area contributed by atoms with Crippen molar-refractivity contribution in [1.82, 2.24) is 15.0 Å². The molecule has 1 N–H and O–H groups in total. The van der Waals surface area contributed by atoms with Crippen molar-refractivity contribution in [3.63, 3.8) is 0 Å². The zero-order valence-electron chi connectivity index (χ0n) is 26.9. The van der Waals surface area contributed by atoms with Gasteiger partial charge in [-0.1, -0.05) is 158 Å². The van der Waals surface area contributed by atoms with Crippen LogP contribution in [0.5, 0.6) is 5.75 Å². The van der Waals surface area contributed by atoms with Gasteiger partial charge in [0.25, 0.3) is 0 Å². The van der Waals surface area contributed by atoms with E-state index in [4.69, 9.17) is 19.4 Å². The fourth-order valence-electron chi connectivity index (χ4n) is 6.60. The van der Waals surface area contributed by atoms with E-state index < -0.39 is 0 Å². The quantitative estimate of drug-likeness (QED) is 0.195. The van der Waals surface area contributed by atoms with Gasteiger partial charge in [0.15, 0.2) is 17.5 Å². The van der Waals surface area contributed by atoms with Crippen LogP contribution in [0.1, 0.15) is 0 Å². The van der Waals surface area contributed by atoms with E-state index in [1.807, 2.05) is 103 Å². The molecule has 236 valence electrons. The van der Waals surface area contributed by atoms with Crippen molar-refractivity contribution in [3.05, 3.63) is 170 Å². The van der Waals surface area contributed by atoms with Gasteiger partial charge in [-0.05, 0) is 34.4 Å². The van der Waals surface area contributed by atoms with Crippen molar-refractivity contribution in [3.8, 4) is 73.3 Å². The summed E-state index contributed by atoms with van der Waals surface area (Å²) in [6.07, 6.45) is 0. The second-order valence-corrected chi connectivity index (χ2v) is 12.2. The minimum absolute atomic E-state index is 0.144. The van der Waals surface area contributed by atoms with Crippen LogP contribution in [0.4, 0.5) is 0 Å². The number of aromatic hydroxyl groups is 1. The summed E-state index contributed by atoms with van der Waals surface area (Å²) in [6, 6.07) is 56.4. The Morgan fingerprint density at radius 2 is 0.860 bits per heavy atom.